The molecule has 0 spiro atoms. The minimum Gasteiger partial charge on any atom is -0.324 e. The zero-order valence-corrected chi connectivity index (χ0v) is 11.8. The fourth-order valence-electron chi connectivity index (χ4n) is 2.78. The largest absolute Gasteiger partial charge is 0.324 e. The van der Waals surface area contributed by atoms with Crippen molar-refractivity contribution in [1.29, 1.82) is 0 Å². The molecule has 0 saturated carbocycles. The molecule has 0 radical (unpaired) electrons. The maximum Gasteiger partial charge on any atom is 0.227 e. The van der Waals surface area contributed by atoms with Crippen LogP contribution < -0.4 is 10.6 Å². The van der Waals surface area contributed by atoms with Gasteiger partial charge < -0.3 is 10.6 Å². The Morgan fingerprint density at radius 2 is 1.91 bits per heavy atom. The predicted octanol–water partition coefficient (Wildman–Crippen LogP) is 1.79. The van der Waals surface area contributed by atoms with Crippen molar-refractivity contribution in [3.63, 3.8) is 0 Å². The molecule has 4 rings (SSSR count). The zero-order valence-electron chi connectivity index (χ0n) is 11.8. The van der Waals surface area contributed by atoms with Crippen molar-refractivity contribution < 1.29 is 8.78 Å². The number of halogens is 2. The molecule has 1 fully saturated rings. The third-order valence-electron chi connectivity index (χ3n) is 4.08. The van der Waals surface area contributed by atoms with Gasteiger partial charge in [-0.05, 0) is 12.1 Å². The molecule has 1 aromatic heterocycles. The van der Waals surface area contributed by atoms with Gasteiger partial charge in [-0.2, -0.15) is 0 Å². The Morgan fingerprint density at radius 1 is 1.14 bits per heavy atom. The first-order valence-electron chi connectivity index (χ1n) is 7.20. The average Bonchev–Trinajstić information content (AvgIpc) is 2.77. The molecule has 3 heterocycles. The molecular weight excluding hydrogens is 288 g/mol. The summed E-state index contributed by atoms with van der Waals surface area (Å²) in [7, 11) is 0. The van der Waals surface area contributed by atoms with Crippen molar-refractivity contribution in [2.45, 2.75) is 19.1 Å². The van der Waals surface area contributed by atoms with Crippen LogP contribution in [0.5, 0.6) is 0 Å². The van der Waals surface area contributed by atoms with Crippen molar-refractivity contribution >= 4 is 11.6 Å². The lowest BCUT2D eigenvalue weighted by molar-refractivity contribution is 0.145. The highest BCUT2D eigenvalue weighted by atomic mass is 19.1. The van der Waals surface area contributed by atoms with Gasteiger partial charge in [0.2, 0.25) is 5.95 Å². The van der Waals surface area contributed by atoms with Gasteiger partial charge in [0, 0.05) is 55.7 Å². The molecule has 0 aliphatic carbocycles. The van der Waals surface area contributed by atoms with E-state index in [1.54, 1.807) is 6.20 Å². The second-order valence-electron chi connectivity index (χ2n) is 5.67. The molecule has 2 aliphatic rings. The maximum atomic E-state index is 13.2. The van der Waals surface area contributed by atoms with E-state index in [9.17, 15) is 8.78 Å². The smallest absolute Gasteiger partial charge is 0.227 e. The summed E-state index contributed by atoms with van der Waals surface area (Å²) in [6.07, 6.45) is 1.78. The van der Waals surface area contributed by atoms with Crippen LogP contribution in [0.1, 0.15) is 11.3 Å². The molecule has 114 valence electrons. The lowest BCUT2D eigenvalue weighted by atomic mass is 10.1. The fourth-order valence-corrected chi connectivity index (χ4v) is 2.78. The van der Waals surface area contributed by atoms with Crippen LogP contribution in [0.3, 0.4) is 0 Å². The van der Waals surface area contributed by atoms with E-state index >= 15 is 0 Å². The van der Waals surface area contributed by atoms with Gasteiger partial charge in [0.15, 0.2) is 0 Å². The topological polar surface area (TPSA) is 53.1 Å². The van der Waals surface area contributed by atoms with E-state index in [4.69, 9.17) is 0 Å². The number of anilines is 2. The van der Waals surface area contributed by atoms with E-state index in [0.29, 0.717) is 17.7 Å². The van der Waals surface area contributed by atoms with Gasteiger partial charge in [0.25, 0.3) is 0 Å². The number of hydrogen-bond acceptors (Lipinski definition) is 5. The highest BCUT2D eigenvalue weighted by Gasteiger charge is 2.30. The second-order valence-corrected chi connectivity index (χ2v) is 5.67. The highest BCUT2D eigenvalue weighted by molar-refractivity contribution is 5.53. The molecule has 0 unspecified atom stereocenters. The zero-order chi connectivity index (χ0) is 15.1. The van der Waals surface area contributed by atoms with Crippen LogP contribution in [0.4, 0.5) is 20.4 Å². The number of nitrogens with one attached hydrogen (secondary N) is 2. The highest BCUT2D eigenvalue weighted by Crippen LogP contribution is 2.25. The van der Waals surface area contributed by atoms with E-state index in [-0.39, 0.29) is 0 Å². The molecular formula is C15H15F2N5. The van der Waals surface area contributed by atoms with Crippen LogP contribution in [0.25, 0.3) is 0 Å². The van der Waals surface area contributed by atoms with Crippen LogP contribution >= 0.6 is 0 Å². The molecule has 0 bridgehead atoms. The van der Waals surface area contributed by atoms with Crippen LogP contribution in [-0.4, -0.2) is 34.0 Å². The minimum atomic E-state index is -0.632. The third-order valence-corrected chi connectivity index (χ3v) is 4.08. The van der Waals surface area contributed by atoms with E-state index in [1.807, 2.05) is 0 Å². The third kappa shape index (κ3) is 2.53. The summed E-state index contributed by atoms with van der Waals surface area (Å²) in [6, 6.07) is 3.82. The number of rotatable bonds is 3. The van der Waals surface area contributed by atoms with Crippen LogP contribution in [0.2, 0.25) is 0 Å². The Bertz CT molecular complexity index is 697. The molecule has 7 heteroatoms. The first-order valence-corrected chi connectivity index (χ1v) is 7.20. The molecule has 0 amide bonds. The van der Waals surface area contributed by atoms with Crippen molar-refractivity contribution in [3.05, 3.63) is 47.3 Å². The van der Waals surface area contributed by atoms with Crippen molar-refractivity contribution in [1.82, 2.24) is 20.2 Å². The van der Waals surface area contributed by atoms with Gasteiger partial charge in [-0.1, -0.05) is 0 Å². The number of fused-ring (bicyclic) bond motifs is 1. The Kier molecular flexibility index (Phi) is 3.24. The Morgan fingerprint density at radius 3 is 2.59 bits per heavy atom. The summed E-state index contributed by atoms with van der Waals surface area (Å²) < 4.78 is 26.4. The first-order chi connectivity index (χ1) is 10.7. The maximum absolute atomic E-state index is 13.2. The molecule has 2 aliphatic heterocycles. The first kappa shape index (κ1) is 13.5. The summed E-state index contributed by atoms with van der Waals surface area (Å²) >= 11 is 0. The monoisotopic (exact) mass is 303 g/mol. The summed E-state index contributed by atoms with van der Waals surface area (Å²) in [4.78, 5) is 11.1. The summed E-state index contributed by atoms with van der Waals surface area (Å²) in [6.45, 7) is 3.66. The molecule has 1 aromatic carbocycles. The lowest BCUT2D eigenvalue weighted by Crippen LogP contribution is -2.55. The second kappa shape index (κ2) is 5.26. The minimum absolute atomic E-state index is 0.301. The van der Waals surface area contributed by atoms with Gasteiger partial charge in [0.1, 0.15) is 11.6 Å². The normalized spacial score (nSPS) is 18.1. The van der Waals surface area contributed by atoms with E-state index in [1.165, 1.54) is 12.1 Å². The number of aromatic nitrogens is 2. The van der Waals surface area contributed by atoms with Crippen LogP contribution in [-0.2, 0) is 13.1 Å². The Balaban J connectivity index is 1.52. The molecule has 2 aromatic rings. The van der Waals surface area contributed by atoms with Crippen molar-refractivity contribution in [2.24, 2.45) is 0 Å². The average molecular weight is 303 g/mol. The summed E-state index contributed by atoms with van der Waals surface area (Å²) in [5.41, 5.74) is 2.39. The van der Waals surface area contributed by atoms with Gasteiger partial charge in [-0.3, -0.25) is 4.90 Å². The van der Waals surface area contributed by atoms with Crippen molar-refractivity contribution in [3.8, 4) is 0 Å². The Hall–Kier alpha value is -2.12. The summed E-state index contributed by atoms with van der Waals surface area (Å²) in [5.74, 6) is -0.906. The number of nitrogens with zero attached hydrogens (tertiary/aromatic N) is 3. The summed E-state index contributed by atoms with van der Waals surface area (Å²) in [5, 5.41) is 6.11. The molecule has 22 heavy (non-hydrogen) atoms. The molecule has 5 nitrogen and oxygen atoms in total. The lowest BCUT2D eigenvalue weighted by Gasteiger charge is -2.35. The standard InChI is InChI=1S/C15H15F2N5/c16-10-1-11(17)3-12(2-10)20-15-19-4-9-7-22(8-14(9)21-15)13-5-18-6-13/h1-4,13,18H,5-8H2,(H,19,20,21). The van der Waals surface area contributed by atoms with Crippen molar-refractivity contribution in [2.75, 3.05) is 18.4 Å². The van der Waals surface area contributed by atoms with E-state index in [0.717, 1.165) is 43.5 Å². The fraction of sp³-hybridized carbons (Fsp3) is 0.333. The van der Waals surface area contributed by atoms with E-state index < -0.39 is 11.6 Å². The van der Waals surface area contributed by atoms with Gasteiger partial charge >= 0.3 is 0 Å². The molecule has 2 N–H and O–H groups in total. The molecule has 0 atom stereocenters. The molecule has 1 saturated heterocycles. The van der Waals surface area contributed by atoms with Gasteiger partial charge in [-0.15, -0.1) is 0 Å². The van der Waals surface area contributed by atoms with Crippen LogP contribution in [0.15, 0.2) is 24.4 Å². The number of hydrogen-bond donors (Lipinski definition) is 2. The van der Waals surface area contributed by atoms with Gasteiger partial charge in [0.05, 0.1) is 5.69 Å². The van der Waals surface area contributed by atoms with E-state index in [2.05, 4.69) is 25.5 Å². The quantitative estimate of drug-likeness (QED) is 0.905. The van der Waals surface area contributed by atoms with Crippen LogP contribution in [0, 0.1) is 11.6 Å². The SMILES string of the molecule is Fc1cc(F)cc(Nc2ncc3c(n2)CN(C2CNC2)C3)c1. The number of benzene rings is 1. The predicted molar refractivity (Wildman–Crippen MR) is 77.6 cm³/mol. The Labute approximate surface area is 126 Å². The van der Waals surface area contributed by atoms with Gasteiger partial charge in [-0.25, -0.2) is 18.7 Å².